The summed E-state index contributed by atoms with van der Waals surface area (Å²) in [4.78, 5) is 0. The van der Waals surface area contributed by atoms with Crippen LogP contribution in [-0.2, 0) is 6.42 Å². The summed E-state index contributed by atoms with van der Waals surface area (Å²) in [6.45, 7) is 4.36. The molecular formula is C17H19Br. The van der Waals surface area contributed by atoms with Gasteiger partial charge in [-0.25, -0.2) is 0 Å². The minimum Gasteiger partial charge on any atom is -0.0654 e. The summed E-state index contributed by atoms with van der Waals surface area (Å²) in [5.41, 5.74) is 5.64. The molecule has 2 aromatic carbocycles. The quantitative estimate of drug-likeness (QED) is 0.531. The molecule has 0 amide bonds. The van der Waals surface area contributed by atoms with Gasteiger partial charge >= 0.3 is 0 Å². The van der Waals surface area contributed by atoms with E-state index in [-0.39, 0.29) is 0 Å². The van der Waals surface area contributed by atoms with Crippen LogP contribution in [0.3, 0.4) is 0 Å². The zero-order chi connectivity index (χ0) is 13.0. The molecule has 0 saturated carbocycles. The zero-order valence-corrected chi connectivity index (χ0v) is 12.6. The predicted octanol–water partition coefficient (Wildman–Crippen LogP) is 5.83. The van der Waals surface area contributed by atoms with E-state index in [4.69, 9.17) is 0 Å². The second-order valence-corrected chi connectivity index (χ2v) is 5.45. The lowest BCUT2D eigenvalue weighted by Gasteiger charge is -2.01. The Balaban J connectivity index is 0.000000267. The van der Waals surface area contributed by atoms with E-state index in [1.807, 2.05) is 0 Å². The molecule has 0 heterocycles. The van der Waals surface area contributed by atoms with Gasteiger partial charge in [-0.1, -0.05) is 79.0 Å². The second kappa shape index (κ2) is 6.19. The van der Waals surface area contributed by atoms with Crippen LogP contribution in [0.5, 0.6) is 0 Å². The van der Waals surface area contributed by atoms with Crippen LogP contribution in [0.2, 0.25) is 0 Å². The molecule has 0 radical (unpaired) electrons. The first-order chi connectivity index (χ1) is 8.77. The van der Waals surface area contributed by atoms with Gasteiger partial charge in [-0.3, -0.25) is 0 Å². The van der Waals surface area contributed by atoms with Gasteiger partial charge in [-0.2, -0.15) is 0 Å². The number of fused-ring (bicyclic) bond motifs is 3. The second-order valence-electron chi connectivity index (χ2n) is 4.60. The lowest BCUT2D eigenvalue weighted by molar-refractivity contribution is 0.886. The number of rotatable bonds is 1. The average molecular weight is 303 g/mol. The maximum absolute atomic E-state index is 3.61. The molecule has 0 fully saturated rings. The summed E-state index contributed by atoms with van der Waals surface area (Å²) in [5.74, 6) is 0. The smallest absolute Gasteiger partial charge is 0.0216 e. The van der Waals surface area contributed by atoms with E-state index >= 15 is 0 Å². The predicted molar refractivity (Wildman–Crippen MR) is 83.0 cm³/mol. The third kappa shape index (κ3) is 2.67. The Kier molecular flexibility index (Phi) is 4.60. The molecule has 3 rings (SSSR count). The zero-order valence-electron chi connectivity index (χ0n) is 11.0. The van der Waals surface area contributed by atoms with Crippen LogP contribution in [0.4, 0.5) is 0 Å². The van der Waals surface area contributed by atoms with Crippen LogP contribution in [0.25, 0.3) is 11.1 Å². The standard InChI is InChI=1S/C13H9Br.C4H10/c14-13-7-3-6-11-10-5-2-1-4-9(10)8-12(11)13;1-3-4-2/h1-7H,8H2;3-4H2,1-2H3. The van der Waals surface area contributed by atoms with Gasteiger partial charge in [0.25, 0.3) is 0 Å². The Morgan fingerprint density at radius 3 is 2.28 bits per heavy atom. The molecule has 1 aliphatic rings. The molecule has 0 bridgehead atoms. The molecule has 1 heteroatoms. The molecule has 0 nitrogen and oxygen atoms in total. The van der Waals surface area contributed by atoms with Crippen LogP contribution in [-0.4, -0.2) is 0 Å². The highest BCUT2D eigenvalue weighted by atomic mass is 79.9. The number of hydrogen-bond donors (Lipinski definition) is 0. The molecule has 1 aliphatic carbocycles. The molecule has 18 heavy (non-hydrogen) atoms. The first kappa shape index (κ1) is 13.4. The van der Waals surface area contributed by atoms with Crippen molar-refractivity contribution in [2.75, 3.05) is 0 Å². The van der Waals surface area contributed by atoms with Gasteiger partial charge in [0, 0.05) is 4.47 Å². The van der Waals surface area contributed by atoms with Gasteiger partial charge in [-0.15, -0.1) is 0 Å². The minimum atomic E-state index is 1.06. The number of benzene rings is 2. The maximum atomic E-state index is 3.61. The van der Waals surface area contributed by atoms with Crippen molar-refractivity contribution < 1.29 is 0 Å². The van der Waals surface area contributed by atoms with Crippen molar-refractivity contribution in [2.24, 2.45) is 0 Å². The van der Waals surface area contributed by atoms with Gasteiger partial charge in [0.05, 0.1) is 0 Å². The van der Waals surface area contributed by atoms with Gasteiger partial charge in [0.2, 0.25) is 0 Å². The summed E-state index contributed by atoms with van der Waals surface area (Å²) in [5, 5.41) is 0. The molecule has 0 aromatic heterocycles. The van der Waals surface area contributed by atoms with Gasteiger partial charge < -0.3 is 0 Å². The highest BCUT2D eigenvalue weighted by Gasteiger charge is 2.18. The molecule has 94 valence electrons. The van der Waals surface area contributed by atoms with E-state index < -0.39 is 0 Å². The van der Waals surface area contributed by atoms with E-state index in [0.29, 0.717) is 0 Å². The van der Waals surface area contributed by atoms with Crippen molar-refractivity contribution in [1.29, 1.82) is 0 Å². The summed E-state index contributed by atoms with van der Waals surface area (Å²) in [6, 6.07) is 15.0. The van der Waals surface area contributed by atoms with Crippen LogP contribution >= 0.6 is 15.9 Å². The SMILES string of the molecule is Brc1cccc2c1Cc1ccccc1-2.CCCC. The maximum Gasteiger partial charge on any atom is 0.0216 e. The Labute approximate surface area is 118 Å². The van der Waals surface area contributed by atoms with Crippen molar-refractivity contribution in [3.8, 4) is 11.1 Å². The Morgan fingerprint density at radius 2 is 1.56 bits per heavy atom. The van der Waals surface area contributed by atoms with E-state index in [0.717, 1.165) is 6.42 Å². The lowest BCUT2D eigenvalue weighted by Crippen LogP contribution is -1.80. The molecule has 0 N–H and O–H groups in total. The summed E-state index contributed by atoms with van der Waals surface area (Å²) in [6.07, 6.45) is 3.70. The van der Waals surface area contributed by atoms with Crippen molar-refractivity contribution in [3.63, 3.8) is 0 Å². The summed E-state index contributed by atoms with van der Waals surface area (Å²) >= 11 is 3.61. The monoisotopic (exact) mass is 302 g/mol. The molecule has 0 unspecified atom stereocenters. The Bertz CT molecular complexity index is 527. The number of unbranched alkanes of at least 4 members (excludes halogenated alkanes) is 1. The van der Waals surface area contributed by atoms with Crippen LogP contribution in [0.1, 0.15) is 37.8 Å². The molecular weight excluding hydrogens is 284 g/mol. The first-order valence-electron chi connectivity index (χ1n) is 6.63. The first-order valence-corrected chi connectivity index (χ1v) is 7.42. The fourth-order valence-electron chi connectivity index (χ4n) is 2.12. The van der Waals surface area contributed by atoms with Gasteiger partial charge in [0.15, 0.2) is 0 Å². The highest BCUT2D eigenvalue weighted by Crippen LogP contribution is 2.39. The summed E-state index contributed by atoms with van der Waals surface area (Å²) < 4.78 is 1.23. The Morgan fingerprint density at radius 1 is 0.889 bits per heavy atom. The van der Waals surface area contributed by atoms with E-state index in [1.165, 1.54) is 39.6 Å². The van der Waals surface area contributed by atoms with Gasteiger partial charge in [-0.05, 0) is 34.7 Å². The highest BCUT2D eigenvalue weighted by molar-refractivity contribution is 9.10. The van der Waals surface area contributed by atoms with Crippen LogP contribution in [0, 0.1) is 0 Å². The molecule has 0 atom stereocenters. The van der Waals surface area contributed by atoms with E-state index in [1.54, 1.807) is 0 Å². The normalized spacial score (nSPS) is 11.3. The molecule has 2 aromatic rings. The molecule has 0 saturated heterocycles. The third-order valence-corrected chi connectivity index (χ3v) is 4.04. The van der Waals surface area contributed by atoms with Crippen molar-refractivity contribution in [1.82, 2.24) is 0 Å². The van der Waals surface area contributed by atoms with Crippen molar-refractivity contribution >= 4 is 15.9 Å². The fraction of sp³-hybridized carbons (Fsp3) is 0.294. The number of hydrogen-bond acceptors (Lipinski definition) is 0. The lowest BCUT2D eigenvalue weighted by atomic mass is 10.1. The number of halogens is 1. The van der Waals surface area contributed by atoms with Gasteiger partial charge in [0.1, 0.15) is 0 Å². The van der Waals surface area contributed by atoms with E-state index in [2.05, 4.69) is 72.2 Å². The topological polar surface area (TPSA) is 0 Å². The Hall–Kier alpha value is -1.08. The fourth-order valence-corrected chi connectivity index (χ4v) is 2.62. The summed E-state index contributed by atoms with van der Waals surface area (Å²) in [7, 11) is 0. The van der Waals surface area contributed by atoms with Crippen molar-refractivity contribution in [3.05, 3.63) is 58.1 Å². The van der Waals surface area contributed by atoms with Crippen LogP contribution in [0.15, 0.2) is 46.9 Å². The molecule has 0 spiro atoms. The minimum absolute atomic E-state index is 1.06. The van der Waals surface area contributed by atoms with Crippen LogP contribution < -0.4 is 0 Å². The third-order valence-electron chi connectivity index (χ3n) is 3.29. The van der Waals surface area contributed by atoms with E-state index in [9.17, 15) is 0 Å². The van der Waals surface area contributed by atoms with Crippen molar-refractivity contribution in [2.45, 2.75) is 33.1 Å². The average Bonchev–Trinajstić information content (AvgIpc) is 2.80. The largest absolute Gasteiger partial charge is 0.0654 e. The molecule has 0 aliphatic heterocycles.